The van der Waals surface area contributed by atoms with Gasteiger partial charge in [0.15, 0.2) is 5.82 Å². The van der Waals surface area contributed by atoms with Gasteiger partial charge >= 0.3 is 5.97 Å². The lowest BCUT2D eigenvalue weighted by Crippen LogP contribution is -2.20. The van der Waals surface area contributed by atoms with Crippen LogP contribution in [0, 0.1) is 0 Å². The smallest absolute Gasteiger partial charge is 0.340 e. The van der Waals surface area contributed by atoms with Gasteiger partial charge in [-0.25, -0.2) is 9.78 Å². The highest BCUT2D eigenvalue weighted by molar-refractivity contribution is 5.98. The summed E-state index contributed by atoms with van der Waals surface area (Å²) < 4.78 is 5.02. The molecule has 5 nitrogen and oxygen atoms in total. The second-order valence-electron chi connectivity index (χ2n) is 4.40. The van der Waals surface area contributed by atoms with Crippen LogP contribution in [0.4, 0.5) is 17.2 Å². The molecule has 0 radical (unpaired) electrons. The monoisotopic (exact) mass is 285 g/mol. The van der Waals surface area contributed by atoms with Crippen LogP contribution in [0.25, 0.3) is 0 Å². The second kappa shape index (κ2) is 6.74. The number of hydrogen-bond acceptors (Lipinski definition) is 5. The van der Waals surface area contributed by atoms with Gasteiger partial charge in [-0.15, -0.1) is 0 Å². The van der Waals surface area contributed by atoms with Crippen molar-refractivity contribution in [1.82, 2.24) is 4.98 Å². The third-order valence-corrected chi connectivity index (χ3v) is 3.10. The average molecular weight is 285 g/mol. The Hall–Kier alpha value is -2.56. The summed E-state index contributed by atoms with van der Waals surface area (Å²) in [4.78, 5) is 18.2. The molecule has 0 amide bonds. The summed E-state index contributed by atoms with van der Waals surface area (Å²) in [7, 11) is 0. The molecule has 0 bridgehead atoms. The number of benzene rings is 1. The zero-order valence-electron chi connectivity index (χ0n) is 12.2. The molecular weight excluding hydrogens is 266 g/mol. The summed E-state index contributed by atoms with van der Waals surface area (Å²) in [5.41, 5.74) is 7.77. The maximum absolute atomic E-state index is 11.9. The number of carbonyl (C=O) groups excluding carboxylic acids is 1. The van der Waals surface area contributed by atoms with E-state index in [1.165, 1.54) is 0 Å². The SMILES string of the molecule is CCOC(=O)c1ccnc(N(CC)c2ccccc2)c1N. The Bertz CT molecular complexity index is 614. The maximum atomic E-state index is 11.9. The molecule has 1 heterocycles. The van der Waals surface area contributed by atoms with Crippen molar-refractivity contribution in [1.29, 1.82) is 0 Å². The molecule has 0 unspecified atom stereocenters. The number of carbonyl (C=O) groups is 1. The Balaban J connectivity index is 2.43. The lowest BCUT2D eigenvalue weighted by molar-refractivity contribution is 0.0527. The Morgan fingerprint density at radius 2 is 1.95 bits per heavy atom. The van der Waals surface area contributed by atoms with E-state index in [9.17, 15) is 4.79 Å². The minimum atomic E-state index is -0.428. The number of aromatic nitrogens is 1. The summed E-state index contributed by atoms with van der Waals surface area (Å²) in [6.07, 6.45) is 1.57. The van der Waals surface area contributed by atoms with E-state index >= 15 is 0 Å². The van der Waals surface area contributed by atoms with Crippen LogP contribution in [0.3, 0.4) is 0 Å². The molecule has 1 aromatic heterocycles. The third kappa shape index (κ3) is 3.13. The van der Waals surface area contributed by atoms with Crippen LogP contribution in [-0.4, -0.2) is 24.1 Å². The van der Waals surface area contributed by atoms with Gasteiger partial charge in [-0.05, 0) is 32.0 Å². The molecule has 2 rings (SSSR count). The van der Waals surface area contributed by atoms with E-state index in [1.807, 2.05) is 42.2 Å². The van der Waals surface area contributed by atoms with E-state index in [0.29, 0.717) is 30.2 Å². The molecule has 5 heteroatoms. The Kier molecular flexibility index (Phi) is 4.77. The van der Waals surface area contributed by atoms with Crippen molar-refractivity contribution in [2.24, 2.45) is 0 Å². The number of pyridine rings is 1. The van der Waals surface area contributed by atoms with Crippen LogP contribution in [-0.2, 0) is 4.74 Å². The number of nitrogen functional groups attached to an aromatic ring is 1. The topological polar surface area (TPSA) is 68.5 Å². The Morgan fingerprint density at radius 1 is 1.24 bits per heavy atom. The molecule has 0 spiro atoms. The summed E-state index contributed by atoms with van der Waals surface area (Å²) in [6, 6.07) is 11.4. The molecule has 0 saturated carbocycles. The second-order valence-corrected chi connectivity index (χ2v) is 4.40. The molecular formula is C16H19N3O2. The number of rotatable bonds is 5. The van der Waals surface area contributed by atoms with Gasteiger partial charge < -0.3 is 15.4 Å². The van der Waals surface area contributed by atoms with Gasteiger partial charge in [0, 0.05) is 18.4 Å². The Morgan fingerprint density at radius 3 is 2.57 bits per heavy atom. The van der Waals surface area contributed by atoms with Crippen LogP contribution in [0.2, 0.25) is 0 Å². The van der Waals surface area contributed by atoms with Crippen LogP contribution >= 0.6 is 0 Å². The van der Waals surface area contributed by atoms with Crippen LogP contribution in [0.15, 0.2) is 42.6 Å². The number of ether oxygens (including phenoxy) is 1. The van der Waals surface area contributed by atoms with Crippen LogP contribution in [0.5, 0.6) is 0 Å². The largest absolute Gasteiger partial charge is 0.462 e. The first kappa shape index (κ1) is 14.8. The number of para-hydroxylation sites is 1. The van der Waals surface area contributed by atoms with Crippen molar-refractivity contribution in [3.05, 3.63) is 48.2 Å². The molecule has 0 saturated heterocycles. The highest BCUT2D eigenvalue weighted by Gasteiger charge is 2.18. The summed E-state index contributed by atoms with van der Waals surface area (Å²) in [5.74, 6) is 0.136. The number of nitrogens with zero attached hydrogens (tertiary/aromatic N) is 2. The quantitative estimate of drug-likeness (QED) is 0.855. The maximum Gasteiger partial charge on any atom is 0.340 e. The molecule has 1 aromatic carbocycles. The minimum absolute atomic E-state index is 0.312. The molecule has 0 atom stereocenters. The zero-order chi connectivity index (χ0) is 15.2. The summed E-state index contributed by atoms with van der Waals surface area (Å²) in [6.45, 7) is 4.77. The summed E-state index contributed by atoms with van der Waals surface area (Å²) in [5, 5.41) is 0. The van der Waals surface area contributed by atoms with Gasteiger partial charge in [-0.1, -0.05) is 18.2 Å². The predicted octanol–water partition coefficient (Wildman–Crippen LogP) is 3.00. The zero-order valence-corrected chi connectivity index (χ0v) is 12.2. The highest BCUT2D eigenvalue weighted by atomic mass is 16.5. The fourth-order valence-electron chi connectivity index (χ4n) is 2.13. The molecule has 110 valence electrons. The first-order valence-corrected chi connectivity index (χ1v) is 6.93. The molecule has 2 aromatic rings. The average Bonchev–Trinajstić information content (AvgIpc) is 2.51. The van der Waals surface area contributed by atoms with Crippen molar-refractivity contribution in [2.45, 2.75) is 13.8 Å². The van der Waals surface area contributed by atoms with Crippen molar-refractivity contribution >= 4 is 23.2 Å². The van der Waals surface area contributed by atoms with E-state index in [1.54, 1.807) is 19.2 Å². The number of anilines is 3. The molecule has 0 aliphatic carbocycles. The third-order valence-electron chi connectivity index (χ3n) is 3.10. The lowest BCUT2D eigenvalue weighted by atomic mass is 10.2. The molecule has 21 heavy (non-hydrogen) atoms. The first-order valence-electron chi connectivity index (χ1n) is 6.93. The molecule has 2 N–H and O–H groups in total. The van der Waals surface area contributed by atoms with Crippen molar-refractivity contribution in [2.75, 3.05) is 23.8 Å². The van der Waals surface area contributed by atoms with E-state index in [0.717, 1.165) is 5.69 Å². The van der Waals surface area contributed by atoms with Gasteiger partial charge in [0.2, 0.25) is 0 Å². The van der Waals surface area contributed by atoms with Crippen molar-refractivity contribution in [3.63, 3.8) is 0 Å². The summed E-state index contributed by atoms with van der Waals surface area (Å²) >= 11 is 0. The normalized spacial score (nSPS) is 10.2. The van der Waals surface area contributed by atoms with Gasteiger partial charge in [0.1, 0.15) is 0 Å². The van der Waals surface area contributed by atoms with E-state index in [-0.39, 0.29) is 0 Å². The van der Waals surface area contributed by atoms with Gasteiger partial charge in [-0.2, -0.15) is 0 Å². The Labute approximate surface area is 124 Å². The minimum Gasteiger partial charge on any atom is -0.462 e. The predicted molar refractivity (Wildman–Crippen MR) is 83.7 cm³/mol. The molecule has 0 fully saturated rings. The fraction of sp³-hybridized carbons (Fsp3) is 0.250. The first-order chi connectivity index (χ1) is 10.2. The van der Waals surface area contributed by atoms with Gasteiger partial charge in [-0.3, -0.25) is 0 Å². The lowest BCUT2D eigenvalue weighted by Gasteiger charge is -2.24. The molecule has 0 aliphatic heterocycles. The highest BCUT2D eigenvalue weighted by Crippen LogP contribution is 2.30. The van der Waals surface area contributed by atoms with E-state index in [2.05, 4.69) is 4.98 Å². The number of hydrogen-bond donors (Lipinski definition) is 1. The van der Waals surface area contributed by atoms with Gasteiger partial charge in [0.05, 0.1) is 17.9 Å². The standard InChI is InChI=1S/C16H19N3O2/c1-3-19(12-8-6-5-7-9-12)15-14(17)13(10-11-18-15)16(20)21-4-2/h5-11H,3-4,17H2,1-2H3. The molecule has 0 aliphatic rings. The van der Waals surface area contributed by atoms with E-state index < -0.39 is 5.97 Å². The van der Waals surface area contributed by atoms with Crippen LogP contribution in [0.1, 0.15) is 24.2 Å². The van der Waals surface area contributed by atoms with E-state index in [4.69, 9.17) is 10.5 Å². The van der Waals surface area contributed by atoms with Crippen molar-refractivity contribution in [3.8, 4) is 0 Å². The van der Waals surface area contributed by atoms with Gasteiger partial charge in [0.25, 0.3) is 0 Å². The number of nitrogens with two attached hydrogens (primary N) is 1. The fourth-order valence-corrected chi connectivity index (χ4v) is 2.13. The van der Waals surface area contributed by atoms with Crippen molar-refractivity contribution < 1.29 is 9.53 Å². The van der Waals surface area contributed by atoms with Crippen LogP contribution < -0.4 is 10.6 Å². The number of esters is 1.